The van der Waals surface area contributed by atoms with Crippen molar-refractivity contribution in [3.05, 3.63) is 28.3 Å². The predicted molar refractivity (Wildman–Crippen MR) is 59.0 cm³/mol. The maximum absolute atomic E-state index is 9.97. The number of hydrogen-bond acceptors (Lipinski definition) is 2. The Balaban J connectivity index is 2.62. The Kier molecular flexibility index (Phi) is 2.36. The molecule has 1 aliphatic carbocycles. The summed E-state index contributed by atoms with van der Waals surface area (Å²) >= 11 is 6.07. The molecule has 0 unspecified atom stereocenters. The minimum Gasteiger partial charge on any atom is -0.507 e. The largest absolute Gasteiger partial charge is 0.507 e. The van der Waals surface area contributed by atoms with Gasteiger partial charge in [-0.3, -0.25) is 0 Å². The van der Waals surface area contributed by atoms with E-state index in [1.807, 2.05) is 6.92 Å². The molecule has 2 rings (SSSR count). The van der Waals surface area contributed by atoms with Gasteiger partial charge in [-0.15, -0.1) is 0 Å². The maximum Gasteiger partial charge on any atom is 0.124 e. The van der Waals surface area contributed by atoms with Crippen molar-refractivity contribution in [1.82, 2.24) is 0 Å². The summed E-state index contributed by atoms with van der Waals surface area (Å²) in [6.45, 7) is 1.82. The fourth-order valence-corrected chi connectivity index (χ4v) is 2.41. The van der Waals surface area contributed by atoms with Crippen LogP contribution in [0.3, 0.4) is 0 Å². The zero-order valence-electron chi connectivity index (χ0n) is 8.55. The summed E-state index contributed by atoms with van der Waals surface area (Å²) in [5.74, 6) is 0.184. The lowest BCUT2D eigenvalue weighted by Gasteiger charge is -2.36. The van der Waals surface area contributed by atoms with Crippen molar-refractivity contribution >= 4 is 11.6 Å². The SMILES string of the molecule is Cc1ccc(Cl)c(C2(C#N)CCC2)c1O. The molecule has 1 aliphatic rings. The number of aryl methyl sites for hydroxylation is 1. The number of halogens is 1. The third-order valence-electron chi connectivity index (χ3n) is 3.23. The van der Waals surface area contributed by atoms with Gasteiger partial charge in [0, 0.05) is 10.6 Å². The first-order chi connectivity index (χ1) is 7.10. The predicted octanol–water partition coefficient (Wildman–Crippen LogP) is 3.30. The molecule has 0 spiro atoms. The summed E-state index contributed by atoms with van der Waals surface area (Å²) in [5.41, 5.74) is 0.849. The molecule has 1 aromatic carbocycles. The molecule has 0 saturated heterocycles. The minimum atomic E-state index is -0.548. The summed E-state index contributed by atoms with van der Waals surface area (Å²) in [5, 5.41) is 19.7. The lowest BCUT2D eigenvalue weighted by Crippen LogP contribution is -2.32. The molecule has 1 saturated carbocycles. The van der Waals surface area contributed by atoms with Gasteiger partial charge in [-0.2, -0.15) is 5.26 Å². The summed E-state index contributed by atoms with van der Waals surface area (Å²) in [6.07, 6.45) is 2.61. The van der Waals surface area contributed by atoms with Crippen molar-refractivity contribution in [2.24, 2.45) is 0 Å². The second-order valence-corrected chi connectivity index (χ2v) is 4.54. The van der Waals surface area contributed by atoms with Crippen LogP contribution < -0.4 is 0 Å². The van der Waals surface area contributed by atoms with E-state index in [-0.39, 0.29) is 5.75 Å². The first kappa shape index (κ1) is 10.3. The van der Waals surface area contributed by atoms with E-state index in [0.29, 0.717) is 10.6 Å². The Hall–Kier alpha value is -1.20. The van der Waals surface area contributed by atoms with Gasteiger partial charge in [0.1, 0.15) is 5.75 Å². The van der Waals surface area contributed by atoms with Crippen molar-refractivity contribution < 1.29 is 5.11 Å². The van der Waals surface area contributed by atoms with E-state index in [0.717, 1.165) is 24.8 Å². The van der Waals surface area contributed by atoms with Crippen LogP contribution in [0, 0.1) is 18.3 Å². The van der Waals surface area contributed by atoms with Gasteiger partial charge in [-0.1, -0.05) is 17.7 Å². The lowest BCUT2D eigenvalue weighted by atomic mass is 9.65. The number of rotatable bonds is 1. The first-order valence-electron chi connectivity index (χ1n) is 5.00. The van der Waals surface area contributed by atoms with E-state index in [1.54, 1.807) is 12.1 Å². The smallest absolute Gasteiger partial charge is 0.124 e. The van der Waals surface area contributed by atoms with Gasteiger partial charge >= 0.3 is 0 Å². The minimum absolute atomic E-state index is 0.184. The summed E-state index contributed by atoms with van der Waals surface area (Å²) in [7, 11) is 0. The van der Waals surface area contributed by atoms with E-state index in [1.165, 1.54) is 0 Å². The average molecular weight is 222 g/mol. The Morgan fingerprint density at radius 2 is 2.13 bits per heavy atom. The lowest BCUT2D eigenvalue weighted by molar-refractivity contribution is 0.311. The summed E-state index contributed by atoms with van der Waals surface area (Å²) < 4.78 is 0. The molecule has 1 N–H and O–H groups in total. The van der Waals surface area contributed by atoms with Crippen molar-refractivity contribution in [3.8, 4) is 11.8 Å². The topological polar surface area (TPSA) is 44.0 Å². The van der Waals surface area contributed by atoms with E-state index >= 15 is 0 Å². The second-order valence-electron chi connectivity index (χ2n) is 4.14. The molecule has 0 atom stereocenters. The fourth-order valence-electron chi connectivity index (χ4n) is 2.07. The van der Waals surface area contributed by atoms with E-state index in [2.05, 4.69) is 6.07 Å². The zero-order valence-corrected chi connectivity index (χ0v) is 9.30. The van der Waals surface area contributed by atoms with Crippen LogP contribution in [0.5, 0.6) is 5.75 Å². The van der Waals surface area contributed by atoms with Gasteiger partial charge in [0.15, 0.2) is 0 Å². The molecule has 0 heterocycles. The number of aromatic hydroxyl groups is 1. The van der Waals surface area contributed by atoms with Gasteiger partial charge in [-0.05, 0) is 37.8 Å². The van der Waals surface area contributed by atoms with Crippen molar-refractivity contribution in [2.75, 3.05) is 0 Å². The van der Waals surface area contributed by atoms with Crippen molar-refractivity contribution in [1.29, 1.82) is 5.26 Å². The van der Waals surface area contributed by atoms with Gasteiger partial charge in [-0.25, -0.2) is 0 Å². The number of hydrogen-bond donors (Lipinski definition) is 1. The Morgan fingerprint density at radius 3 is 2.60 bits per heavy atom. The molecule has 0 radical (unpaired) electrons. The molecule has 3 heteroatoms. The third-order valence-corrected chi connectivity index (χ3v) is 3.54. The van der Waals surface area contributed by atoms with Crippen LogP contribution in [0.4, 0.5) is 0 Å². The fraction of sp³-hybridized carbons (Fsp3) is 0.417. The van der Waals surface area contributed by atoms with Crippen LogP contribution in [0.25, 0.3) is 0 Å². The highest BCUT2D eigenvalue weighted by molar-refractivity contribution is 6.31. The number of phenols is 1. The molecule has 0 bridgehead atoms. The molecule has 2 nitrogen and oxygen atoms in total. The van der Waals surface area contributed by atoms with Crippen molar-refractivity contribution in [2.45, 2.75) is 31.6 Å². The molecule has 1 aromatic rings. The molecule has 15 heavy (non-hydrogen) atoms. The molecular formula is C12H12ClNO. The number of benzene rings is 1. The Morgan fingerprint density at radius 1 is 1.47 bits per heavy atom. The van der Waals surface area contributed by atoms with E-state index < -0.39 is 5.41 Å². The van der Waals surface area contributed by atoms with Gasteiger partial charge in [0.25, 0.3) is 0 Å². The average Bonchev–Trinajstić information content (AvgIpc) is 2.16. The normalized spacial score (nSPS) is 17.9. The van der Waals surface area contributed by atoms with Gasteiger partial charge in [0.05, 0.1) is 11.5 Å². The highest BCUT2D eigenvalue weighted by Gasteiger charge is 2.42. The molecule has 0 aromatic heterocycles. The highest BCUT2D eigenvalue weighted by atomic mass is 35.5. The van der Waals surface area contributed by atoms with Crippen LogP contribution in [-0.4, -0.2) is 5.11 Å². The van der Waals surface area contributed by atoms with Crippen LogP contribution in [0.15, 0.2) is 12.1 Å². The highest BCUT2D eigenvalue weighted by Crippen LogP contribution is 2.49. The molecule has 78 valence electrons. The number of phenolic OH excluding ortho intramolecular Hbond substituents is 1. The Bertz CT molecular complexity index is 444. The number of nitriles is 1. The molecule has 0 amide bonds. The second kappa shape index (κ2) is 3.43. The molecule has 1 fully saturated rings. The van der Waals surface area contributed by atoms with E-state index in [4.69, 9.17) is 11.6 Å². The monoisotopic (exact) mass is 221 g/mol. The summed E-state index contributed by atoms with van der Waals surface area (Å²) in [6, 6.07) is 5.82. The van der Waals surface area contributed by atoms with Crippen LogP contribution in [0.1, 0.15) is 30.4 Å². The summed E-state index contributed by atoms with van der Waals surface area (Å²) in [4.78, 5) is 0. The van der Waals surface area contributed by atoms with Crippen molar-refractivity contribution in [3.63, 3.8) is 0 Å². The van der Waals surface area contributed by atoms with Crippen LogP contribution in [-0.2, 0) is 5.41 Å². The van der Waals surface area contributed by atoms with Crippen LogP contribution >= 0.6 is 11.6 Å². The van der Waals surface area contributed by atoms with E-state index in [9.17, 15) is 10.4 Å². The third kappa shape index (κ3) is 1.39. The number of nitrogens with zero attached hydrogens (tertiary/aromatic N) is 1. The van der Waals surface area contributed by atoms with Gasteiger partial charge < -0.3 is 5.11 Å². The zero-order chi connectivity index (χ0) is 11.1. The molecular weight excluding hydrogens is 210 g/mol. The maximum atomic E-state index is 9.97. The first-order valence-corrected chi connectivity index (χ1v) is 5.38. The Labute approximate surface area is 94.1 Å². The standard InChI is InChI=1S/C12H12ClNO/c1-8-3-4-9(13)10(11(8)15)12(7-14)5-2-6-12/h3-4,15H,2,5-6H2,1H3. The quantitative estimate of drug-likeness (QED) is 0.791. The van der Waals surface area contributed by atoms with Gasteiger partial charge in [0.2, 0.25) is 0 Å². The van der Waals surface area contributed by atoms with Crippen LogP contribution in [0.2, 0.25) is 5.02 Å². The molecule has 0 aliphatic heterocycles.